The molecule has 3 rings (SSSR count). The normalized spacial score (nSPS) is 11.2. The summed E-state index contributed by atoms with van der Waals surface area (Å²) in [6.07, 6.45) is 5.50. The van der Waals surface area contributed by atoms with Gasteiger partial charge in [0.05, 0.1) is 36.0 Å². The number of carbonyl (C=O) groups is 2. The number of hydrogen-bond donors (Lipinski definition) is 0. The molecule has 0 fully saturated rings. The Bertz CT molecular complexity index is 1130. The zero-order valence-corrected chi connectivity index (χ0v) is 16.3. The summed E-state index contributed by atoms with van der Waals surface area (Å²) in [7, 11) is 1.30. The summed E-state index contributed by atoms with van der Waals surface area (Å²) in [4.78, 5) is 28.9. The average molecular weight is 394 g/mol. The van der Waals surface area contributed by atoms with Gasteiger partial charge in [0.25, 0.3) is 5.91 Å². The van der Waals surface area contributed by atoms with Crippen LogP contribution < -0.4 is 9.54 Å². The van der Waals surface area contributed by atoms with Crippen LogP contribution in [0.5, 0.6) is 5.75 Å². The second-order valence-electron chi connectivity index (χ2n) is 5.72. The van der Waals surface area contributed by atoms with Crippen LogP contribution in [0.1, 0.15) is 27.6 Å². The van der Waals surface area contributed by atoms with Crippen LogP contribution in [-0.2, 0) is 11.3 Å². The standard InChI is InChI=1S/C21H18N2O4S/c1-4-12-23-17-11-10-16(27-5-2)13-18(17)28-21(23)22-19(24)14-6-8-15(9-7-14)20(25)26-3/h1,6-11,13H,5,12H2,2-3H3. The molecule has 1 aromatic heterocycles. The molecule has 1 amide bonds. The van der Waals surface area contributed by atoms with Crippen molar-refractivity contribution >= 4 is 33.4 Å². The summed E-state index contributed by atoms with van der Waals surface area (Å²) in [5, 5.41) is 0. The molecule has 0 aliphatic heterocycles. The highest BCUT2D eigenvalue weighted by Gasteiger charge is 2.11. The van der Waals surface area contributed by atoms with Gasteiger partial charge in [-0.3, -0.25) is 4.79 Å². The van der Waals surface area contributed by atoms with Gasteiger partial charge in [0.15, 0.2) is 4.80 Å². The molecule has 2 aromatic carbocycles. The molecule has 0 saturated carbocycles. The van der Waals surface area contributed by atoms with Crippen molar-refractivity contribution in [1.82, 2.24) is 4.57 Å². The first-order valence-electron chi connectivity index (χ1n) is 8.54. The smallest absolute Gasteiger partial charge is 0.337 e. The van der Waals surface area contributed by atoms with E-state index in [4.69, 9.17) is 11.2 Å². The Kier molecular flexibility index (Phi) is 5.92. The third kappa shape index (κ3) is 3.97. The molecule has 3 aromatic rings. The highest BCUT2D eigenvalue weighted by atomic mass is 32.1. The van der Waals surface area contributed by atoms with Crippen molar-refractivity contribution in [3.05, 3.63) is 58.4 Å². The Morgan fingerprint density at radius 1 is 1.18 bits per heavy atom. The molecular weight excluding hydrogens is 376 g/mol. The molecule has 0 radical (unpaired) electrons. The lowest BCUT2D eigenvalue weighted by molar-refractivity contribution is 0.0600. The number of carbonyl (C=O) groups excluding carboxylic acids is 2. The number of aromatic nitrogens is 1. The van der Waals surface area contributed by atoms with Gasteiger partial charge in [0, 0.05) is 5.56 Å². The molecule has 0 atom stereocenters. The van der Waals surface area contributed by atoms with Crippen LogP contribution in [0.4, 0.5) is 0 Å². The third-order valence-electron chi connectivity index (χ3n) is 3.96. The molecule has 0 aliphatic carbocycles. The van der Waals surface area contributed by atoms with Gasteiger partial charge in [-0.25, -0.2) is 4.79 Å². The van der Waals surface area contributed by atoms with E-state index in [9.17, 15) is 9.59 Å². The average Bonchev–Trinajstić information content (AvgIpc) is 3.04. The molecule has 0 saturated heterocycles. The Balaban J connectivity index is 2.02. The van der Waals surface area contributed by atoms with Crippen molar-refractivity contribution in [2.75, 3.05) is 13.7 Å². The van der Waals surface area contributed by atoms with Crippen molar-refractivity contribution in [3.8, 4) is 18.1 Å². The molecule has 0 unspecified atom stereocenters. The van der Waals surface area contributed by atoms with Crippen LogP contribution in [0, 0.1) is 12.3 Å². The minimum absolute atomic E-state index is 0.293. The SMILES string of the molecule is C#CCn1c(=NC(=O)c2ccc(C(=O)OC)cc2)sc2cc(OCC)ccc21. The second-order valence-corrected chi connectivity index (χ2v) is 6.73. The van der Waals surface area contributed by atoms with Crippen molar-refractivity contribution in [2.24, 2.45) is 4.99 Å². The van der Waals surface area contributed by atoms with Crippen molar-refractivity contribution in [1.29, 1.82) is 0 Å². The van der Waals surface area contributed by atoms with Crippen LogP contribution in [-0.4, -0.2) is 30.2 Å². The van der Waals surface area contributed by atoms with E-state index in [2.05, 4.69) is 15.6 Å². The number of ether oxygens (including phenoxy) is 2. The van der Waals surface area contributed by atoms with E-state index in [1.54, 1.807) is 12.1 Å². The van der Waals surface area contributed by atoms with E-state index >= 15 is 0 Å². The lowest BCUT2D eigenvalue weighted by atomic mass is 10.1. The fourth-order valence-electron chi connectivity index (χ4n) is 2.66. The van der Waals surface area contributed by atoms with Gasteiger partial charge in [-0.2, -0.15) is 4.99 Å². The zero-order valence-electron chi connectivity index (χ0n) is 15.5. The molecule has 6 nitrogen and oxygen atoms in total. The van der Waals surface area contributed by atoms with Gasteiger partial charge < -0.3 is 14.0 Å². The van der Waals surface area contributed by atoms with E-state index in [0.717, 1.165) is 16.0 Å². The predicted molar refractivity (Wildman–Crippen MR) is 107 cm³/mol. The van der Waals surface area contributed by atoms with Gasteiger partial charge in [0.2, 0.25) is 0 Å². The molecule has 7 heteroatoms. The molecule has 1 heterocycles. The van der Waals surface area contributed by atoms with Gasteiger partial charge in [-0.1, -0.05) is 17.3 Å². The first-order chi connectivity index (χ1) is 13.6. The Morgan fingerprint density at radius 3 is 2.54 bits per heavy atom. The predicted octanol–water partition coefficient (Wildman–Crippen LogP) is 3.26. The lowest BCUT2D eigenvalue weighted by Crippen LogP contribution is -2.16. The molecular formula is C21H18N2O4S. The topological polar surface area (TPSA) is 69.9 Å². The highest BCUT2D eigenvalue weighted by Crippen LogP contribution is 2.23. The summed E-state index contributed by atoms with van der Waals surface area (Å²) in [6.45, 7) is 2.78. The van der Waals surface area contributed by atoms with Crippen LogP contribution in [0.3, 0.4) is 0 Å². The fourth-order valence-corrected chi connectivity index (χ4v) is 3.71. The minimum Gasteiger partial charge on any atom is -0.494 e. The number of esters is 1. The highest BCUT2D eigenvalue weighted by molar-refractivity contribution is 7.16. The zero-order chi connectivity index (χ0) is 20.1. The number of thiazole rings is 1. The monoisotopic (exact) mass is 394 g/mol. The number of nitrogens with zero attached hydrogens (tertiary/aromatic N) is 2. The summed E-state index contributed by atoms with van der Waals surface area (Å²) in [5.74, 6) is 2.47. The maximum Gasteiger partial charge on any atom is 0.337 e. The Morgan fingerprint density at radius 2 is 1.89 bits per heavy atom. The lowest BCUT2D eigenvalue weighted by Gasteiger charge is -2.03. The van der Waals surface area contributed by atoms with E-state index in [0.29, 0.717) is 29.1 Å². The number of methoxy groups -OCH3 is 1. The Hall–Kier alpha value is -3.37. The maximum absolute atomic E-state index is 12.6. The molecule has 142 valence electrons. The number of amides is 1. The first kappa shape index (κ1) is 19.4. The number of fused-ring (bicyclic) bond motifs is 1. The van der Waals surface area contributed by atoms with Crippen LogP contribution in [0.2, 0.25) is 0 Å². The molecule has 0 N–H and O–H groups in total. The molecule has 0 aliphatic rings. The molecule has 0 bridgehead atoms. The largest absolute Gasteiger partial charge is 0.494 e. The summed E-state index contributed by atoms with van der Waals surface area (Å²) < 4.78 is 12.9. The first-order valence-corrected chi connectivity index (χ1v) is 9.36. The maximum atomic E-state index is 12.6. The van der Waals surface area contributed by atoms with Gasteiger partial charge >= 0.3 is 5.97 Å². The molecule has 0 spiro atoms. The Labute approximate surface area is 166 Å². The number of rotatable bonds is 5. The van der Waals surface area contributed by atoms with Gasteiger partial charge in [-0.05, 0) is 49.4 Å². The van der Waals surface area contributed by atoms with Gasteiger partial charge in [0.1, 0.15) is 5.75 Å². The summed E-state index contributed by atoms with van der Waals surface area (Å²) in [5.41, 5.74) is 1.62. The van der Waals surface area contributed by atoms with Crippen LogP contribution in [0.25, 0.3) is 10.2 Å². The van der Waals surface area contributed by atoms with Crippen molar-refractivity contribution in [2.45, 2.75) is 13.5 Å². The van der Waals surface area contributed by atoms with Crippen LogP contribution in [0.15, 0.2) is 47.5 Å². The van der Waals surface area contributed by atoms with Gasteiger partial charge in [-0.15, -0.1) is 6.42 Å². The summed E-state index contributed by atoms with van der Waals surface area (Å²) in [6, 6.07) is 11.8. The van der Waals surface area contributed by atoms with E-state index in [1.807, 2.05) is 29.7 Å². The van der Waals surface area contributed by atoms with E-state index in [-0.39, 0.29) is 0 Å². The van der Waals surface area contributed by atoms with E-state index in [1.165, 1.54) is 30.6 Å². The van der Waals surface area contributed by atoms with Crippen molar-refractivity contribution < 1.29 is 19.1 Å². The van der Waals surface area contributed by atoms with Crippen LogP contribution >= 0.6 is 11.3 Å². The summed E-state index contributed by atoms with van der Waals surface area (Å²) >= 11 is 1.36. The number of terminal acetylenes is 1. The van der Waals surface area contributed by atoms with Crippen molar-refractivity contribution in [3.63, 3.8) is 0 Å². The number of hydrogen-bond acceptors (Lipinski definition) is 5. The quantitative estimate of drug-likeness (QED) is 0.492. The second kappa shape index (κ2) is 8.55. The fraction of sp³-hybridized carbons (Fsp3) is 0.190. The van der Waals surface area contributed by atoms with E-state index < -0.39 is 11.9 Å². The number of benzene rings is 2. The third-order valence-corrected chi connectivity index (χ3v) is 5.01. The molecule has 28 heavy (non-hydrogen) atoms. The minimum atomic E-state index is -0.461.